The van der Waals surface area contributed by atoms with Crippen molar-refractivity contribution in [3.8, 4) is 0 Å². The Morgan fingerprint density at radius 3 is 2.50 bits per heavy atom. The molecular formula is C8H6ClF3N2. The molecule has 0 aliphatic rings. The van der Waals surface area contributed by atoms with Gasteiger partial charge in [-0.25, -0.2) is 0 Å². The van der Waals surface area contributed by atoms with E-state index in [0.717, 1.165) is 12.3 Å². The fraction of sp³-hybridized carbons (Fsp3) is 0.125. The average molecular weight is 223 g/mol. The Hall–Kier alpha value is -1.23. The van der Waals surface area contributed by atoms with Crippen LogP contribution < -0.4 is 5.84 Å². The van der Waals surface area contributed by atoms with E-state index in [1.807, 2.05) is 0 Å². The first-order valence-corrected chi connectivity index (χ1v) is 3.93. The van der Waals surface area contributed by atoms with Gasteiger partial charge >= 0.3 is 6.18 Å². The number of benzene rings is 1. The van der Waals surface area contributed by atoms with Crippen molar-refractivity contribution < 1.29 is 13.2 Å². The lowest BCUT2D eigenvalue weighted by atomic mass is 10.1. The summed E-state index contributed by atoms with van der Waals surface area (Å²) in [5, 5.41) is 3.06. The minimum atomic E-state index is -4.46. The highest BCUT2D eigenvalue weighted by Crippen LogP contribution is 2.32. The largest absolute Gasteiger partial charge is 0.417 e. The van der Waals surface area contributed by atoms with Crippen molar-refractivity contribution >= 4 is 17.8 Å². The van der Waals surface area contributed by atoms with Gasteiger partial charge in [-0.05, 0) is 12.1 Å². The number of alkyl halides is 3. The summed E-state index contributed by atoms with van der Waals surface area (Å²) in [4.78, 5) is 0. The Labute approximate surface area is 83.2 Å². The van der Waals surface area contributed by atoms with Gasteiger partial charge in [-0.2, -0.15) is 18.3 Å². The number of halogens is 4. The van der Waals surface area contributed by atoms with Crippen LogP contribution >= 0.6 is 11.6 Å². The molecule has 1 aromatic carbocycles. The molecule has 0 saturated heterocycles. The van der Waals surface area contributed by atoms with Crippen LogP contribution in [0.4, 0.5) is 13.2 Å². The average Bonchev–Trinajstić information content (AvgIpc) is 2.07. The number of nitrogens with two attached hydrogens (primary N) is 1. The van der Waals surface area contributed by atoms with E-state index < -0.39 is 11.7 Å². The summed E-state index contributed by atoms with van der Waals surface area (Å²) in [6, 6.07) is 3.38. The first-order chi connectivity index (χ1) is 6.45. The Bertz CT molecular complexity index is 360. The summed E-state index contributed by atoms with van der Waals surface area (Å²) >= 11 is 5.45. The third kappa shape index (κ3) is 2.38. The Balaban J connectivity index is 3.30. The molecule has 6 heteroatoms. The van der Waals surface area contributed by atoms with E-state index in [4.69, 9.17) is 17.4 Å². The molecule has 0 radical (unpaired) electrons. The molecule has 14 heavy (non-hydrogen) atoms. The second-order valence-electron chi connectivity index (χ2n) is 2.51. The van der Waals surface area contributed by atoms with E-state index in [9.17, 15) is 13.2 Å². The molecule has 0 fully saturated rings. The molecule has 2 N–H and O–H groups in total. The normalized spacial score (nSPS) is 12.3. The summed E-state index contributed by atoms with van der Waals surface area (Å²) in [5.41, 5.74) is -0.955. The van der Waals surface area contributed by atoms with Gasteiger partial charge in [-0.15, -0.1) is 0 Å². The highest BCUT2D eigenvalue weighted by atomic mass is 35.5. The van der Waals surface area contributed by atoms with Gasteiger partial charge < -0.3 is 5.84 Å². The third-order valence-corrected chi connectivity index (χ3v) is 1.77. The first-order valence-electron chi connectivity index (χ1n) is 3.55. The van der Waals surface area contributed by atoms with Crippen molar-refractivity contribution in [2.24, 2.45) is 10.9 Å². The number of hydrogen-bond donors (Lipinski definition) is 1. The molecule has 0 atom stereocenters. The monoisotopic (exact) mass is 222 g/mol. The van der Waals surface area contributed by atoms with Crippen LogP contribution in [0, 0.1) is 0 Å². The van der Waals surface area contributed by atoms with Gasteiger partial charge in [0.25, 0.3) is 0 Å². The molecule has 1 rings (SSSR count). The van der Waals surface area contributed by atoms with Crippen LogP contribution in [0.1, 0.15) is 11.1 Å². The first kappa shape index (κ1) is 10.8. The van der Waals surface area contributed by atoms with E-state index in [0.29, 0.717) is 0 Å². The van der Waals surface area contributed by atoms with Gasteiger partial charge in [0.2, 0.25) is 0 Å². The maximum atomic E-state index is 12.4. The number of hydrogen-bond acceptors (Lipinski definition) is 2. The molecule has 76 valence electrons. The number of rotatable bonds is 1. The maximum Gasteiger partial charge on any atom is 0.417 e. The van der Waals surface area contributed by atoms with Gasteiger partial charge in [0.05, 0.1) is 11.8 Å². The van der Waals surface area contributed by atoms with Crippen LogP contribution in [0.5, 0.6) is 0 Å². The lowest BCUT2D eigenvalue weighted by Gasteiger charge is -2.09. The van der Waals surface area contributed by atoms with Crippen LogP contribution in [-0.2, 0) is 6.18 Å². The zero-order chi connectivity index (χ0) is 10.8. The van der Waals surface area contributed by atoms with Crippen molar-refractivity contribution in [2.75, 3.05) is 0 Å². The zero-order valence-electron chi connectivity index (χ0n) is 6.85. The highest BCUT2D eigenvalue weighted by Gasteiger charge is 2.33. The van der Waals surface area contributed by atoms with Gasteiger partial charge in [0.15, 0.2) is 0 Å². The minimum Gasteiger partial charge on any atom is -0.323 e. The molecule has 0 saturated carbocycles. The predicted molar refractivity (Wildman–Crippen MR) is 48.2 cm³/mol. The quantitative estimate of drug-likeness (QED) is 0.443. The number of nitrogens with zero attached hydrogens (tertiary/aromatic N) is 1. The summed E-state index contributed by atoms with van der Waals surface area (Å²) < 4.78 is 37.2. The fourth-order valence-electron chi connectivity index (χ4n) is 0.967. The topological polar surface area (TPSA) is 38.4 Å². The van der Waals surface area contributed by atoms with Crippen molar-refractivity contribution in [3.63, 3.8) is 0 Å². The van der Waals surface area contributed by atoms with E-state index in [1.54, 1.807) is 0 Å². The van der Waals surface area contributed by atoms with Crippen molar-refractivity contribution in [1.82, 2.24) is 0 Å². The lowest BCUT2D eigenvalue weighted by Crippen LogP contribution is -2.09. The van der Waals surface area contributed by atoms with Crippen LogP contribution in [0.2, 0.25) is 5.02 Å². The van der Waals surface area contributed by atoms with Crippen molar-refractivity contribution in [2.45, 2.75) is 6.18 Å². The third-order valence-electron chi connectivity index (χ3n) is 1.53. The number of hydrazone groups is 1. The van der Waals surface area contributed by atoms with E-state index in [2.05, 4.69) is 5.10 Å². The molecule has 0 heterocycles. The van der Waals surface area contributed by atoms with Gasteiger partial charge in [0.1, 0.15) is 0 Å². The SMILES string of the molecule is NN=Cc1ccc(Cl)cc1C(F)(F)F. The molecule has 0 aromatic heterocycles. The fourth-order valence-corrected chi connectivity index (χ4v) is 1.14. The van der Waals surface area contributed by atoms with Crippen molar-refractivity contribution in [3.05, 3.63) is 34.3 Å². The molecule has 0 aliphatic carbocycles. The Morgan fingerprint density at radius 1 is 1.36 bits per heavy atom. The van der Waals surface area contributed by atoms with Crippen LogP contribution in [0.15, 0.2) is 23.3 Å². The molecule has 0 spiro atoms. The van der Waals surface area contributed by atoms with E-state index >= 15 is 0 Å². The minimum absolute atomic E-state index is 0.0199. The van der Waals surface area contributed by atoms with Gasteiger partial charge in [-0.3, -0.25) is 0 Å². The standard InChI is InChI=1S/C8H6ClF3N2/c9-6-2-1-5(4-14-13)7(3-6)8(10,11)12/h1-4H,13H2. The van der Waals surface area contributed by atoms with Gasteiger partial charge in [0, 0.05) is 10.6 Å². The Kier molecular flexibility index (Phi) is 3.00. The molecule has 0 unspecified atom stereocenters. The Morgan fingerprint density at radius 2 is 2.00 bits per heavy atom. The molecule has 0 bridgehead atoms. The zero-order valence-corrected chi connectivity index (χ0v) is 7.60. The summed E-state index contributed by atoms with van der Waals surface area (Å²) in [7, 11) is 0. The second kappa shape index (κ2) is 3.88. The van der Waals surface area contributed by atoms with E-state index in [1.165, 1.54) is 12.1 Å². The molecule has 1 aromatic rings. The van der Waals surface area contributed by atoms with Crippen molar-refractivity contribution in [1.29, 1.82) is 0 Å². The predicted octanol–water partition coefficient (Wildman–Crippen LogP) is 2.65. The lowest BCUT2D eigenvalue weighted by molar-refractivity contribution is -0.137. The maximum absolute atomic E-state index is 12.4. The molecule has 2 nitrogen and oxygen atoms in total. The van der Waals surface area contributed by atoms with Crippen LogP contribution in [0.25, 0.3) is 0 Å². The van der Waals surface area contributed by atoms with Gasteiger partial charge in [-0.1, -0.05) is 17.7 Å². The molecule has 0 amide bonds. The van der Waals surface area contributed by atoms with Crippen LogP contribution in [-0.4, -0.2) is 6.21 Å². The molecular weight excluding hydrogens is 217 g/mol. The summed E-state index contributed by atoms with van der Waals surface area (Å²) in [5.74, 6) is 4.78. The second-order valence-corrected chi connectivity index (χ2v) is 2.94. The summed E-state index contributed by atoms with van der Waals surface area (Å²) in [6.07, 6.45) is -3.53. The highest BCUT2D eigenvalue weighted by molar-refractivity contribution is 6.30. The van der Waals surface area contributed by atoms with Crippen LogP contribution in [0.3, 0.4) is 0 Å². The van der Waals surface area contributed by atoms with E-state index in [-0.39, 0.29) is 10.6 Å². The molecule has 0 aliphatic heterocycles. The summed E-state index contributed by atoms with van der Waals surface area (Å²) in [6.45, 7) is 0. The smallest absolute Gasteiger partial charge is 0.323 e.